The van der Waals surface area contributed by atoms with E-state index < -0.39 is 18.6 Å². The van der Waals surface area contributed by atoms with E-state index in [2.05, 4.69) is 4.74 Å². The summed E-state index contributed by atoms with van der Waals surface area (Å²) in [5, 5.41) is 16.8. The van der Waals surface area contributed by atoms with Crippen molar-refractivity contribution < 1.29 is 13.9 Å². The summed E-state index contributed by atoms with van der Waals surface area (Å²) >= 11 is 0. The van der Waals surface area contributed by atoms with Crippen LogP contribution in [-0.2, 0) is 9.47 Å². The van der Waals surface area contributed by atoms with E-state index in [0.717, 1.165) is 0 Å². The Morgan fingerprint density at radius 3 is 2.75 bits per heavy atom. The summed E-state index contributed by atoms with van der Waals surface area (Å²) in [6, 6.07) is 3.63. The topological polar surface area (TPSA) is 66.0 Å². The molecule has 1 rings (SSSR count). The van der Waals surface area contributed by atoms with Crippen LogP contribution >= 0.6 is 0 Å². The molecule has 4 nitrogen and oxygen atoms in total. The summed E-state index contributed by atoms with van der Waals surface area (Å²) in [7, 11) is 0. The highest BCUT2D eigenvalue weighted by molar-refractivity contribution is 4.93. The fourth-order valence-electron chi connectivity index (χ4n) is 0.907. The van der Waals surface area contributed by atoms with Gasteiger partial charge in [-0.15, -0.1) is 0 Å². The van der Waals surface area contributed by atoms with Gasteiger partial charge >= 0.3 is 0 Å². The second-order valence-electron chi connectivity index (χ2n) is 2.35. The first-order chi connectivity index (χ1) is 5.77. The number of nitrogens with zero attached hydrogens (tertiary/aromatic N) is 2. The lowest BCUT2D eigenvalue weighted by atomic mass is 10.1. The molecule has 0 bridgehead atoms. The minimum absolute atomic E-state index is 0.00606. The molecular weight excluding hydrogens is 163 g/mol. The van der Waals surface area contributed by atoms with Gasteiger partial charge in [0.2, 0.25) is 6.36 Å². The van der Waals surface area contributed by atoms with Crippen molar-refractivity contribution in [2.75, 3.05) is 6.61 Å². The molecule has 0 aromatic heterocycles. The van der Waals surface area contributed by atoms with Crippen molar-refractivity contribution in [3.63, 3.8) is 0 Å². The monoisotopic (exact) mass is 170 g/mol. The molecule has 1 aliphatic rings. The predicted molar refractivity (Wildman–Crippen MR) is 35.1 cm³/mol. The highest BCUT2D eigenvalue weighted by Crippen LogP contribution is 2.21. The van der Waals surface area contributed by atoms with Crippen LogP contribution in [0.4, 0.5) is 4.39 Å². The average Bonchev–Trinajstić information content (AvgIpc) is 2.47. The Labute approximate surface area is 69.1 Å². The predicted octanol–water partition coefficient (Wildman–Crippen LogP) is 0.708. The van der Waals surface area contributed by atoms with Crippen LogP contribution < -0.4 is 0 Å². The normalized spacial score (nSPS) is 30.6. The third-order valence-corrected chi connectivity index (χ3v) is 1.48. The molecule has 0 saturated carbocycles. The lowest BCUT2D eigenvalue weighted by Gasteiger charge is -2.11. The smallest absolute Gasteiger partial charge is 0.224 e. The fraction of sp³-hybridized carbons (Fsp3) is 0.714. The molecule has 0 aliphatic carbocycles. The van der Waals surface area contributed by atoms with Crippen LogP contribution in [0.15, 0.2) is 0 Å². The van der Waals surface area contributed by atoms with Crippen molar-refractivity contribution in [1.29, 1.82) is 10.5 Å². The van der Waals surface area contributed by atoms with Crippen molar-refractivity contribution >= 4 is 0 Å². The standard InChI is InChI=1S/C7H7FN2O2/c8-6-4-11-7(12-6)5(3-10)1-2-9/h5-7H,1,4H2. The van der Waals surface area contributed by atoms with Gasteiger partial charge in [-0.3, -0.25) is 0 Å². The van der Waals surface area contributed by atoms with E-state index >= 15 is 0 Å². The molecule has 3 unspecified atom stereocenters. The van der Waals surface area contributed by atoms with E-state index in [9.17, 15) is 4.39 Å². The van der Waals surface area contributed by atoms with Crippen LogP contribution in [0.25, 0.3) is 0 Å². The zero-order valence-electron chi connectivity index (χ0n) is 6.24. The number of nitriles is 2. The fourth-order valence-corrected chi connectivity index (χ4v) is 0.907. The maximum atomic E-state index is 12.4. The maximum absolute atomic E-state index is 12.4. The van der Waals surface area contributed by atoms with Gasteiger partial charge in [0.15, 0.2) is 6.29 Å². The van der Waals surface area contributed by atoms with Crippen molar-refractivity contribution in [3.8, 4) is 12.1 Å². The van der Waals surface area contributed by atoms with Crippen LogP contribution in [0.5, 0.6) is 0 Å². The van der Waals surface area contributed by atoms with E-state index in [4.69, 9.17) is 15.3 Å². The van der Waals surface area contributed by atoms with Gasteiger partial charge < -0.3 is 9.47 Å². The number of halogens is 1. The average molecular weight is 170 g/mol. The molecule has 0 aromatic carbocycles. The first-order valence-electron chi connectivity index (χ1n) is 3.45. The Balaban J connectivity index is 2.46. The minimum Gasteiger partial charge on any atom is -0.345 e. The summed E-state index contributed by atoms with van der Waals surface area (Å²) in [6.45, 7) is -0.158. The molecule has 1 fully saturated rings. The van der Waals surface area contributed by atoms with Gasteiger partial charge in [-0.1, -0.05) is 0 Å². The molecular formula is C7H7FN2O2. The molecule has 0 N–H and O–H groups in total. The first kappa shape index (κ1) is 8.92. The molecule has 64 valence electrons. The third kappa shape index (κ3) is 1.91. The highest BCUT2D eigenvalue weighted by atomic mass is 19.1. The van der Waals surface area contributed by atoms with E-state index in [1.54, 1.807) is 6.07 Å². The van der Waals surface area contributed by atoms with Crippen molar-refractivity contribution in [1.82, 2.24) is 0 Å². The van der Waals surface area contributed by atoms with Gasteiger partial charge in [-0.2, -0.15) is 10.5 Å². The summed E-state index contributed by atoms with van der Waals surface area (Å²) in [4.78, 5) is 0. The molecule has 0 radical (unpaired) electrons. The van der Waals surface area contributed by atoms with Gasteiger partial charge in [0.25, 0.3) is 0 Å². The van der Waals surface area contributed by atoms with E-state index in [1.807, 2.05) is 6.07 Å². The molecule has 5 heteroatoms. The Morgan fingerprint density at radius 1 is 1.58 bits per heavy atom. The van der Waals surface area contributed by atoms with Gasteiger partial charge in [0, 0.05) is 0 Å². The summed E-state index contributed by atoms with van der Waals surface area (Å²) < 4.78 is 21.8. The van der Waals surface area contributed by atoms with Crippen LogP contribution in [0.3, 0.4) is 0 Å². The Kier molecular flexibility index (Phi) is 2.98. The number of rotatable bonds is 2. The lowest BCUT2D eigenvalue weighted by molar-refractivity contribution is -0.104. The lowest BCUT2D eigenvalue weighted by Crippen LogP contribution is -2.20. The van der Waals surface area contributed by atoms with Crippen molar-refractivity contribution in [2.24, 2.45) is 5.92 Å². The Bertz CT molecular complexity index is 233. The Morgan fingerprint density at radius 2 is 2.33 bits per heavy atom. The van der Waals surface area contributed by atoms with Gasteiger partial charge in [-0.05, 0) is 0 Å². The van der Waals surface area contributed by atoms with Gasteiger partial charge in [0.1, 0.15) is 12.5 Å². The second kappa shape index (κ2) is 4.01. The zero-order valence-corrected chi connectivity index (χ0v) is 6.24. The van der Waals surface area contributed by atoms with Gasteiger partial charge in [-0.25, -0.2) is 4.39 Å². The van der Waals surface area contributed by atoms with Gasteiger partial charge in [0.05, 0.1) is 18.6 Å². The second-order valence-corrected chi connectivity index (χ2v) is 2.35. The molecule has 0 amide bonds. The summed E-state index contributed by atoms with van der Waals surface area (Å²) in [5.74, 6) is -0.698. The molecule has 1 aliphatic heterocycles. The van der Waals surface area contributed by atoms with E-state index in [0.29, 0.717) is 0 Å². The number of alkyl halides is 1. The van der Waals surface area contributed by atoms with E-state index in [1.165, 1.54) is 0 Å². The highest BCUT2D eigenvalue weighted by Gasteiger charge is 2.32. The third-order valence-electron chi connectivity index (χ3n) is 1.48. The number of hydrogen-bond acceptors (Lipinski definition) is 4. The van der Waals surface area contributed by atoms with Crippen molar-refractivity contribution in [3.05, 3.63) is 0 Å². The Hall–Kier alpha value is -1.17. The summed E-state index contributed by atoms with van der Waals surface area (Å²) in [5.41, 5.74) is 0. The maximum Gasteiger partial charge on any atom is 0.224 e. The SMILES string of the molecule is N#CCC(C#N)C1OCC(F)O1. The first-order valence-corrected chi connectivity index (χ1v) is 3.45. The van der Waals surface area contributed by atoms with Crippen LogP contribution in [0.1, 0.15) is 6.42 Å². The van der Waals surface area contributed by atoms with Crippen LogP contribution in [-0.4, -0.2) is 19.3 Å². The van der Waals surface area contributed by atoms with Crippen molar-refractivity contribution in [2.45, 2.75) is 19.1 Å². The molecule has 3 atom stereocenters. The minimum atomic E-state index is -1.47. The molecule has 12 heavy (non-hydrogen) atoms. The molecule has 0 spiro atoms. The van der Waals surface area contributed by atoms with Crippen LogP contribution in [0, 0.1) is 28.6 Å². The quantitative estimate of drug-likeness (QED) is 0.612. The molecule has 1 saturated heterocycles. The van der Waals surface area contributed by atoms with Crippen LogP contribution in [0.2, 0.25) is 0 Å². The molecule has 0 aromatic rings. The molecule has 1 heterocycles. The number of hydrogen-bond donors (Lipinski definition) is 0. The zero-order chi connectivity index (χ0) is 8.97. The number of ether oxygens (including phenoxy) is 2. The van der Waals surface area contributed by atoms with E-state index in [-0.39, 0.29) is 13.0 Å². The largest absolute Gasteiger partial charge is 0.345 e. The summed E-state index contributed by atoms with van der Waals surface area (Å²) in [6.07, 6.45) is -2.36.